The average molecular weight is 244 g/mol. The monoisotopic (exact) mass is 243 g/mol. The van der Waals surface area contributed by atoms with Crippen molar-refractivity contribution in [1.82, 2.24) is 9.78 Å². The van der Waals surface area contributed by atoms with Gasteiger partial charge in [-0.05, 0) is 12.1 Å². The number of aryl methyl sites for hydroxylation is 1. The maximum Gasteiger partial charge on any atom is 0.165 e. The summed E-state index contributed by atoms with van der Waals surface area (Å²) in [6, 6.07) is 4.89. The van der Waals surface area contributed by atoms with Gasteiger partial charge in [0.1, 0.15) is 11.3 Å². The van der Waals surface area contributed by atoms with Crippen molar-refractivity contribution < 1.29 is 4.39 Å². The van der Waals surface area contributed by atoms with Crippen molar-refractivity contribution in [2.45, 2.75) is 0 Å². The van der Waals surface area contributed by atoms with Crippen LogP contribution in [0.15, 0.2) is 18.2 Å². The Balaban J connectivity index is 2.87. The third-order valence-electron chi connectivity index (χ3n) is 1.91. The Bertz CT molecular complexity index is 452. The van der Waals surface area contributed by atoms with E-state index in [9.17, 15) is 4.39 Å². The molecule has 0 fully saturated rings. The Morgan fingerprint density at radius 3 is 3.00 bits per heavy atom. The number of halogens is 2. The zero-order chi connectivity index (χ0) is 9.42. The van der Waals surface area contributed by atoms with Crippen LogP contribution in [0, 0.1) is 5.82 Å². The molecular weight excluding hydrogens is 237 g/mol. The highest BCUT2D eigenvalue weighted by Gasteiger charge is 2.10. The maximum absolute atomic E-state index is 13.3. The second kappa shape index (κ2) is 2.99. The Kier molecular flexibility index (Phi) is 1.95. The average Bonchev–Trinajstić information content (AvgIpc) is 2.44. The van der Waals surface area contributed by atoms with Crippen molar-refractivity contribution in [2.75, 3.05) is 4.34 Å². The van der Waals surface area contributed by atoms with Crippen LogP contribution in [0.5, 0.6) is 0 Å². The SMILES string of the molecule is Cn1nc(NBr)c2cccc(F)c21. The molecule has 2 rings (SSSR count). The number of fused-ring (bicyclic) bond motifs is 1. The number of benzene rings is 1. The van der Waals surface area contributed by atoms with Crippen LogP contribution in [0.1, 0.15) is 0 Å². The van der Waals surface area contributed by atoms with E-state index < -0.39 is 0 Å². The molecule has 0 aliphatic rings. The summed E-state index contributed by atoms with van der Waals surface area (Å²) in [6.07, 6.45) is 0. The van der Waals surface area contributed by atoms with Gasteiger partial charge in [-0.2, -0.15) is 5.10 Å². The summed E-state index contributed by atoms with van der Waals surface area (Å²) in [5.41, 5.74) is 0.504. The fourth-order valence-electron chi connectivity index (χ4n) is 1.36. The fourth-order valence-corrected chi connectivity index (χ4v) is 1.65. The highest BCUT2D eigenvalue weighted by molar-refractivity contribution is 9.10. The summed E-state index contributed by atoms with van der Waals surface area (Å²) < 4.78 is 17.5. The molecule has 0 bridgehead atoms. The predicted molar refractivity (Wildman–Crippen MR) is 53.2 cm³/mol. The van der Waals surface area contributed by atoms with Gasteiger partial charge in [0.15, 0.2) is 5.82 Å². The van der Waals surface area contributed by atoms with Gasteiger partial charge in [-0.1, -0.05) is 6.07 Å². The minimum atomic E-state index is -0.262. The molecule has 1 heterocycles. The van der Waals surface area contributed by atoms with Crippen molar-refractivity contribution >= 4 is 32.9 Å². The van der Waals surface area contributed by atoms with Gasteiger partial charge in [-0.15, -0.1) is 0 Å². The zero-order valence-electron chi connectivity index (χ0n) is 6.88. The van der Waals surface area contributed by atoms with Gasteiger partial charge in [-0.25, -0.2) is 4.39 Å². The molecule has 0 unspecified atom stereocenters. The predicted octanol–water partition coefficient (Wildman–Crippen LogP) is 2.43. The third kappa shape index (κ3) is 1.19. The van der Waals surface area contributed by atoms with E-state index in [1.54, 1.807) is 13.1 Å². The largest absolute Gasteiger partial charge is 0.305 e. The van der Waals surface area contributed by atoms with E-state index in [0.29, 0.717) is 11.3 Å². The molecular formula is C8H7BrFN3. The lowest BCUT2D eigenvalue weighted by Crippen LogP contribution is -1.91. The van der Waals surface area contributed by atoms with E-state index in [1.165, 1.54) is 10.7 Å². The first-order valence-electron chi connectivity index (χ1n) is 3.72. The summed E-state index contributed by atoms with van der Waals surface area (Å²) in [5.74, 6) is 0.360. The van der Waals surface area contributed by atoms with E-state index in [0.717, 1.165) is 5.39 Å². The third-order valence-corrected chi connectivity index (χ3v) is 2.28. The van der Waals surface area contributed by atoms with Crippen LogP contribution in [0.2, 0.25) is 0 Å². The number of rotatable bonds is 1. The minimum Gasteiger partial charge on any atom is -0.305 e. The highest BCUT2D eigenvalue weighted by atomic mass is 79.9. The van der Waals surface area contributed by atoms with Gasteiger partial charge in [0.25, 0.3) is 0 Å². The topological polar surface area (TPSA) is 29.9 Å². The minimum absolute atomic E-state index is 0.262. The zero-order valence-corrected chi connectivity index (χ0v) is 8.47. The van der Waals surface area contributed by atoms with Gasteiger partial charge < -0.3 is 4.34 Å². The van der Waals surface area contributed by atoms with Crippen molar-refractivity contribution in [2.24, 2.45) is 7.05 Å². The van der Waals surface area contributed by atoms with Gasteiger partial charge in [0.2, 0.25) is 0 Å². The van der Waals surface area contributed by atoms with E-state index in [-0.39, 0.29) is 5.82 Å². The van der Waals surface area contributed by atoms with Crippen molar-refractivity contribution in [3.63, 3.8) is 0 Å². The van der Waals surface area contributed by atoms with E-state index >= 15 is 0 Å². The standard InChI is InChI=1S/C8H7BrFN3/c1-13-7-5(8(11-9)12-13)3-2-4-6(7)10/h2-4H,1H3,(H,11,12). The van der Waals surface area contributed by atoms with Crippen molar-refractivity contribution in [1.29, 1.82) is 0 Å². The van der Waals surface area contributed by atoms with Gasteiger partial charge in [0, 0.05) is 28.6 Å². The second-order valence-corrected chi connectivity index (χ2v) is 3.10. The molecule has 0 spiro atoms. The Hall–Kier alpha value is -1.10. The molecule has 3 nitrogen and oxygen atoms in total. The molecule has 13 heavy (non-hydrogen) atoms. The molecule has 2 aromatic rings. The molecule has 0 aliphatic carbocycles. The Morgan fingerprint density at radius 2 is 2.31 bits per heavy atom. The molecule has 0 atom stereocenters. The normalized spacial score (nSPS) is 10.7. The lowest BCUT2D eigenvalue weighted by molar-refractivity contribution is 0.626. The molecule has 1 aromatic heterocycles. The van der Waals surface area contributed by atoms with Crippen molar-refractivity contribution in [3.8, 4) is 0 Å². The quantitative estimate of drug-likeness (QED) is 0.780. The lowest BCUT2D eigenvalue weighted by Gasteiger charge is -1.94. The van der Waals surface area contributed by atoms with Crippen molar-refractivity contribution in [3.05, 3.63) is 24.0 Å². The van der Waals surface area contributed by atoms with E-state index in [2.05, 4.69) is 25.6 Å². The lowest BCUT2D eigenvalue weighted by atomic mass is 10.2. The maximum atomic E-state index is 13.3. The molecule has 0 saturated heterocycles. The molecule has 0 saturated carbocycles. The first kappa shape index (κ1) is 8.50. The first-order valence-corrected chi connectivity index (χ1v) is 4.51. The fraction of sp³-hybridized carbons (Fsp3) is 0.125. The second-order valence-electron chi connectivity index (χ2n) is 2.70. The molecule has 0 radical (unpaired) electrons. The van der Waals surface area contributed by atoms with Crippen LogP contribution in [0.4, 0.5) is 10.2 Å². The van der Waals surface area contributed by atoms with Crippen LogP contribution < -0.4 is 4.34 Å². The number of aromatic nitrogens is 2. The van der Waals surface area contributed by atoms with Crippen LogP contribution in [0.25, 0.3) is 10.9 Å². The van der Waals surface area contributed by atoms with E-state index in [4.69, 9.17) is 0 Å². The molecule has 1 aromatic carbocycles. The molecule has 5 heteroatoms. The van der Waals surface area contributed by atoms with Gasteiger partial charge in [-0.3, -0.25) is 4.68 Å². The summed E-state index contributed by atoms with van der Waals surface area (Å²) in [6.45, 7) is 0. The van der Waals surface area contributed by atoms with Crippen LogP contribution in [0.3, 0.4) is 0 Å². The summed E-state index contributed by atoms with van der Waals surface area (Å²) in [5, 5.41) is 4.85. The smallest absolute Gasteiger partial charge is 0.165 e. The molecule has 0 amide bonds. The Labute approximate surface area is 82.9 Å². The van der Waals surface area contributed by atoms with E-state index in [1.807, 2.05) is 6.07 Å². The number of hydrogen-bond acceptors (Lipinski definition) is 2. The van der Waals surface area contributed by atoms with Crippen LogP contribution >= 0.6 is 16.1 Å². The van der Waals surface area contributed by atoms with Gasteiger partial charge >= 0.3 is 0 Å². The van der Waals surface area contributed by atoms with Gasteiger partial charge in [0.05, 0.1) is 0 Å². The Morgan fingerprint density at radius 1 is 1.54 bits per heavy atom. The highest BCUT2D eigenvalue weighted by Crippen LogP contribution is 2.24. The number of para-hydroxylation sites is 1. The summed E-state index contributed by atoms with van der Waals surface area (Å²) in [7, 11) is 1.71. The summed E-state index contributed by atoms with van der Waals surface area (Å²) >= 11 is 3.07. The van der Waals surface area contributed by atoms with Crippen LogP contribution in [-0.4, -0.2) is 9.78 Å². The number of anilines is 1. The first-order chi connectivity index (χ1) is 6.24. The molecule has 0 aliphatic heterocycles. The number of hydrogen-bond donors (Lipinski definition) is 1. The van der Waals surface area contributed by atoms with Crippen LogP contribution in [-0.2, 0) is 7.05 Å². The molecule has 1 N–H and O–H groups in total. The number of nitrogens with zero attached hydrogens (tertiary/aromatic N) is 2. The molecule has 68 valence electrons. The summed E-state index contributed by atoms with van der Waals surface area (Å²) in [4.78, 5) is 0. The number of nitrogens with one attached hydrogen (secondary N) is 1.